The smallest absolute Gasteiger partial charge is 0.409 e. The van der Waals surface area contributed by atoms with E-state index >= 15 is 0 Å². The van der Waals surface area contributed by atoms with E-state index in [9.17, 15) is 14.7 Å². The summed E-state index contributed by atoms with van der Waals surface area (Å²) in [5.41, 5.74) is 2.97. The maximum atomic E-state index is 12.4. The highest BCUT2D eigenvalue weighted by molar-refractivity contribution is 5.70. The molecule has 0 bridgehead atoms. The van der Waals surface area contributed by atoms with Gasteiger partial charge in [-0.3, -0.25) is 9.48 Å². The molecule has 1 aliphatic rings. The van der Waals surface area contributed by atoms with Crippen molar-refractivity contribution in [1.82, 2.24) is 19.7 Å². The third kappa shape index (κ3) is 6.48. The van der Waals surface area contributed by atoms with Crippen LogP contribution in [0.4, 0.5) is 4.79 Å². The number of carbonyl (C=O) groups is 2. The second-order valence-corrected chi connectivity index (χ2v) is 9.51. The fourth-order valence-electron chi connectivity index (χ4n) is 4.11. The monoisotopic (exact) mass is 472 g/mol. The number of aromatic nitrogens is 3. The fraction of sp³-hybridized carbons (Fsp3) is 0.600. The lowest BCUT2D eigenvalue weighted by Crippen LogP contribution is -2.29. The van der Waals surface area contributed by atoms with Gasteiger partial charge < -0.3 is 19.5 Å². The van der Waals surface area contributed by atoms with Crippen molar-refractivity contribution < 1.29 is 24.2 Å². The Bertz CT molecular complexity index is 1000. The number of aryl methyl sites for hydroxylation is 2. The number of rotatable bonds is 9. The molecule has 2 aromatic rings. The summed E-state index contributed by atoms with van der Waals surface area (Å²) in [7, 11) is 3.55. The summed E-state index contributed by atoms with van der Waals surface area (Å²) >= 11 is 0. The fourth-order valence-corrected chi connectivity index (χ4v) is 4.11. The summed E-state index contributed by atoms with van der Waals surface area (Å²) in [5.74, 6) is 0.0612. The van der Waals surface area contributed by atoms with Crippen molar-refractivity contribution in [2.45, 2.75) is 65.6 Å². The average molecular weight is 473 g/mol. The number of aliphatic carboxylic acids is 1. The van der Waals surface area contributed by atoms with E-state index < -0.39 is 5.97 Å². The standard InChI is InChI=1S/C25H36N4O5/c1-16(2)11-12-28(4)25(32)33-15-22-20(14-26-29(22)5)21-9-10-23(17(3)27-21)34-19-8-6-7-18(13-19)24(30)31/h9-10,14,16,18-19H,6-8,11-13,15H2,1-5H3,(H,30,31)/t18?,19-/m0/s1. The van der Waals surface area contributed by atoms with Crippen LogP contribution in [0.2, 0.25) is 0 Å². The van der Waals surface area contributed by atoms with Crippen LogP contribution in [-0.2, 0) is 23.2 Å². The van der Waals surface area contributed by atoms with Crippen molar-refractivity contribution in [2.75, 3.05) is 13.6 Å². The highest BCUT2D eigenvalue weighted by Crippen LogP contribution is 2.31. The molecule has 34 heavy (non-hydrogen) atoms. The lowest BCUT2D eigenvalue weighted by molar-refractivity contribution is -0.143. The van der Waals surface area contributed by atoms with Crippen LogP contribution in [0, 0.1) is 18.8 Å². The van der Waals surface area contributed by atoms with Crippen LogP contribution in [-0.4, -0.2) is 56.5 Å². The molecule has 2 heterocycles. The minimum absolute atomic E-state index is 0.0916. The van der Waals surface area contributed by atoms with E-state index in [4.69, 9.17) is 14.5 Å². The van der Waals surface area contributed by atoms with Gasteiger partial charge in [0, 0.05) is 26.2 Å². The van der Waals surface area contributed by atoms with Crippen molar-refractivity contribution in [1.29, 1.82) is 0 Å². The third-order valence-electron chi connectivity index (χ3n) is 6.33. The van der Waals surface area contributed by atoms with E-state index in [2.05, 4.69) is 18.9 Å². The van der Waals surface area contributed by atoms with Crippen molar-refractivity contribution >= 4 is 12.1 Å². The number of ether oxygens (including phenoxy) is 2. The molecule has 1 fully saturated rings. The first-order valence-corrected chi connectivity index (χ1v) is 11.9. The number of amides is 1. The van der Waals surface area contributed by atoms with Crippen molar-refractivity contribution in [3.05, 3.63) is 29.7 Å². The van der Waals surface area contributed by atoms with Crippen LogP contribution in [0.15, 0.2) is 18.3 Å². The lowest BCUT2D eigenvalue weighted by Gasteiger charge is -2.27. The van der Waals surface area contributed by atoms with Gasteiger partial charge >= 0.3 is 12.1 Å². The second-order valence-electron chi connectivity index (χ2n) is 9.51. The minimum atomic E-state index is -0.755. The molecule has 9 heteroatoms. The largest absolute Gasteiger partial charge is 0.489 e. The Labute approximate surface area is 201 Å². The Morgan fingerprint density at radius 2 is 2.06 bits per heavy atom. The molecule has 1 N–H and O–H groups in total. The molecular formula is C25H36N4O5. The molecule has 1 unspecified atom stereocenters. The van der Waals surface area contributed by atoms with E-state index in [-0.39, 0.29) is 24.7 Å². The highest BCUT2D eigenvalue weighted by Gasteiger charge is 2.28. The summed E-state index contributed by atoms with van der Waals surface area (Å²) in [6.45, 7) is 6.85. The number of carboxylic acid groups (broad SMARTS) is 1. The van der Waals surface area contributed by atoms with Gasteiger partial charge in [0.2, 0.25) is 0 Å². The molecule has 1 aliphatic carbocycles. The summed E-state index contributed by atoms with van der Waals surface area (Å²) in [4.78, 5) is 30.0. The predicted molar refractivity (Wildman–Crippen MR) is 127 cm³/mol. The van der Waals surface area contributed by atoms with Gasteiger partial charge in [-0.15, -0.1) is 0 Å². The number of pyridine rings is 1. The van der Waals surface area contributed by atoms with Gasteiger partial charge in [-0.05, 0) is 57.1 Å². The summed E-state index contributed by atoms with van der Waals surface area (Å²) in [5, 5.41) is 13.6. The van der Waals surface area contributed by atoms with Gasteiger partial charge in [0.05, 0.1) is 35.3 Å². The number of carboxylic acids is 1. The number of hydrogen-bond donors (Lipinski definition) is 1. The Morgan fingerprint density at radius 3 is 2.74 bits per heavy atom. The van der Waals surface area contributed by atoms with Gasteiger partial charge in [0.25, 0.3) is 0 Å². The lowest BCUT2D eigenvalue weighted by atomic mass is 9.87. The Hall–Kier alpha value is -3.10. The predicted octanol–water partition coefficient (Wildman–Crippen LogP) is 4.43. The Kier molecular flexibility index (Phi) is 8.52. The Balaban J connectivity index is 1.67. The quantitative estimate of drug-likeness (QED) is 0.575. The van der Waals surface area contributed by atoms with E-state index in [1.54, 1.807) is 29.9 Å². The molecule has 186 valence electrons. The molecule has 9 nitrogen and oxygen atoms in total. The maximum absolute atomic E-state index is 12.4. The van der Waals surface area contributed by atoms with Crippen molar-refractivity contribution in [3.8, 4) is 17.0 Å². The van der Waals surface area contributed by atoms with Gasteiger partial charge in [0.1, 0.15) is 12.4 Å². The first kappa shape index (κ1) is 25.5. The van der Waals surface area contributed by atoms with E-state index in [1.807, 2.05) is 19.1 Å². The van der Waals surface area contributed by atoms with Crippen LogP contribution in [0.25, 0.3) is 11.3 Å². The van der Waals surface area contributed by atoms with Crippen LogP contribution in [0.3, 0.4) is 0 Å². The first-order chi connectivity index (χ1) is 16.2. The van der Waals surface area contributed by atoms with Gasteiger partial charge in [-0.2, -0.15) is 5.10 Å². The third-order valence-corrected chi connectivity index (χ3v) is 6.33. The molecule has 1 saturated carbocycles. The molecule has 0 spiro atoms. The number of carbonyl (C=O) groups excluding carboxylic acids is 1. The number of hydrogen-bond acceptors (Lipinski definition) is 6. The van der Waals surface area contributed by atoms with Gasteiger partial charge in [-0.25, -0.2) is 9.78 Å². The second kappa shape index (κ2) is 11.4. The molecular weight excluding hydrogens is 436 g/mol. The van der Waals surface area contributed by atoms with E-state index in [1.165, 1.54) is 0 Å². The van der Waals surface area contributed by atoms with Gasteiger partial charge in [-0.1, -0.05) is 13.8 Å². The van der Waals surface area contributed by atoms with E-state index in [0.717, 1.165) is 36.2 Å². The first-order valence-electron chi connectivity index (χ1n) is 11.9. The van der Waals surface area contributed by atoms with Crippen LogP contribution in [0.5, 0.6) is 5.75 Å². The topological polar surface area (TPSA) is 107 Å². The zero-order valence-corrected chi connectivity index (χ0v) is 20.8. The zero-order valence-electron chi connectivity index (χ0n) is 20.8. The molecule has 1 amide bonds. The maximum Gasteiger partial charge on any atom is 0.409 e. The van der Waals surface area contributed by atoms with Gasteiger partial charge in [0.15, 0.2) is 0 Å². The molecule has 0 radical (unpaired) electrons. The van der Waals surface area contributed by atoms with Crippen molar-refractivity contribution in [3.63, 3.8) is 0 Å². The zero-order chi connectivity index (χ0) is 24.8. The molecule has 0 aliphatic heterocycles. The molecule has 2 aromatic heterocycles. The minimum Gasteiger partial charge on any atom is -0.489 e. The van der Waals surface area contributed by atoms with Crippen LogP contribution < -0.4 is 4.74 Å². The average Bonchev–Trinajstić information content (AvgIpc) is 3.17. The highest BCUT2D eigenvalue weighted by atomic mass is 16.6. The van der Waals surface area contributed by atoms with Crippen LogP contribution in [0.1, 0.15) is 57.3 Å². The van der Waals surface area contributed by atoms with Crippen molar-refractivity contribution in [2.24, 2.45) is 18.9 Å². The molecule has 0 aromatic carbocycles. The SMILES string of the molecule is Cc1nc(-c2cnn(C)c2COC(=O)N(C)CCC(C)C)ccc1O[C@H]1CCCC(C(=O)O)C1. The van der Waals surface area contributed by atoms with E-state index in [0.29, 0.717) is 36.7 Å². The summed E-state index contributed by atoms with van der Waals surface area (Å²) in [6.07, 6.45) is 5.04. The molecule has 2 atom stereocenters. The Morgan fingerprint density at radius 1 is 1.29 bits per heavy atom. The normalized spacial score (nSPS) is 18.1. The number of nitrogens with zero attached hydrogens (tertiary/aromatic N) is 4. The summed E-state index contributed by atoms with van der Waals surface area (Å²) in [6, 6.07) is 3.72. The molecule has 0 saturated heterocycles. The van der Waals surface area contributed by atoms with Crippen LogP contribution >= 0.6 is 0 Å². The summed E-state index contributed by atoms with van der Waals surface area (Å²) < 4.78 is 13.3. The molecule has 3 rings (SSSR count).